The molecule has 2 N–H and O–H groups in total. The molecule has 31 heavy (non-hydrogen) atoms. The van der Waals surface area contributed by atoms with Gasteiger partial charge in [0.05, 0.1) is 11.9 Å². The van der Waals surface area contributed by atoms with Crippen molar-refractivity contribution in [3.8, 4) is 0 Å². The Morgan fingerprint density at radius 1 is 1.19 bits per heavy atom. The second-order valence-electron chi connectivity index (χ2n) is 8.05. The third-order valence-electron chi connectivity index (χ3n) is 5.83. The lowest BCUT2D eigenvalue weighted by atomic mass is 9.98. The SMILES string of the molecule is Cc1ccc(NC(=O)c2c[nH]n3c(=O)cc(CCn4ncc5c4CCCC5)nc23)cc1. The van der Waals surface area contributed by atoms with Crippen LogP contribution in [0.5, 0.6) is 0 Å². The number of anilines is 1. The van der Waals surface area contributed by atoms with Crippen molar-refractivity contribution < 1.29 is 4.79 Å². The Morgan fingerprint density at radius 2 is 2.00 bits per heavy atom. The first-order valence-electron chi connectivity index (χ1n) is 10.6. The zero-order chi connectivity index (χ0) is 21.4. The number of H-pyrrole nitrogens is 1. The Hall–Kier alpha value is -3.68. The highest BCUT2D eigenvalue weighted by Gasteiger charge is 2.17. The number of benzene rings is 1. The van der Waals surface area contributed by atoms with Crippen molar-refractivity contribution in [3.05, 3.63) is 81.2 Å². The number of carbonyl (C=O) groups excluding carboxylic acids is 1. The number of aryl methyl sites for hydroxylation is 4. The molecule has 0 unspecified atom stereocenters. The van der Waals surface area contributed by atoms with Crippen LogP contribution >= 0.6 is 0 Å². The van der Waals surface area contributed by atoms with Gasteiger partial charge in [0.1, 0.15) is 5.56 Å². The molecular formula is C23H24N6O2. The van der Waals surface area contributed by atoms with Crippen molar-refractivity contribution in [1.82, 2.24) is 24.4 Å². The zero-order valence-corrected chi connectivity index (χ0v) is 17.4. The van der Waals surface area contributed by atoms with E-state index in [1.54, 1.807) is 0 Å². The van der Waals surface area contributed by atoms with Gasteiger partial charge in [-0.05, 0) is 50.3 Å². The van der Waals surface area contributed by atoms with Gasteiger partial charge in [-0.2, -0.15) is 5.10 Å². The molecule has 0 atom stereocenters. The van der Waals surface area contributed by atoms with E-state index in [-0.39, 0.29) is 11.5 Å². The van der Waals surface area contributed by atoms with Crippen molar-refractivity contribution in [2.24, 2.45) is 0 Å². The standard InChI is InChI=1S/C23H24N6O2/c1-15-6-8-17(9-7-15)27-23(31)19-14-25-29-21(30)12-18(26-22(19)29)10-11-28-20-5-3-2-4-16(20)13-24-28/h6-9,12-14,25H,2-5,10-11H2,1H3,(H,27,31). The first-order valence-corrected chi connectivity index (χ1v) is 10.6. The minimum atomic E-state index is -0.312. The molecule has 0 radical (unpaired) electrons. The third-order valence-corrected chi connectivity index (χ3v) is 5.83. The molecule has 0 fully saturated rings. The van der Waals surface area contributed by atoms with Crippen molar-refractivity contribution in [3.63, 3.8) is 0 Å². The molecule has 8 heteroatoms. The molecule has 0 saturated carbocycles. The number of hydrogen-bond donors (Lipinski definition) is 2. The minimum Gasteiger partial charge on any atom is -0.322 e. The average Bonchev–Trinajstić information content (AvgIpc) is 3.38. The van der Waals surface area contributed by atoms with E-state index in [1.165, 1.54) is 40.9 Å². The normalized spacial score (nSPS) is 13.3. The molecule has 4 aromatic rings. The first kappa shape index (κ1) is 19.3. The molecule has 0 bridgehead atoms. The maximum absolute atomic E-state index is 12.8. The highest BCUT2D eigenvalue weighted by Crippen LogP contribution is 2.21. The molecule has 1 amide bonds. The second-order valence-corrected chi connectivity index (χ2v) is 8.05. The number of aromatic nitrogens is 5. The maximum Gasteiger partial charge on any atom is 0.272 e. The van der Waals surface area contributed by atoms with Gasteiger partial charge in [0.2, 0.25) is 0 Å². The Bertz CT molecular complexity index is 1310. The van der Waals surface area contributed by atoms with Gasteiger partial charge >= 0.3 is 0 Å². The number of amides is 1. The molecule has 0 saturated heterocycles. The number of fused-ring (bicyclic) bond motifs is 2. The Labute approximate surface area is 178 Å². The molecule has 1 aliphatic carbocycles. The molecule has 1 aromatic carbocycles. The predicted octanol–water partition coefficient (Wildman–Crippen LogP) is 2.90. The number of carbonyl (C=O) groups is 1. The fourth-order valence-electron chi connectivity index (χ4n) is 4.13. The first-order chi connectivity index (χ1) is 15.1. The highest BCUT2D eigenvalue weighted by molar-refractivity contribution is 6.08. The second kappa shape index (κ2) is 7.86. The molecule has 3 heterocycles. The molecule has 8 nitrogen and oxygen atoms in total. The van der Waals surface area contributed by atoms with Gasteiger partial charge < -0.3 is 5.32 Å². The van der Waals surface area contributed by atoms with Gasteiger partial charge in [0.15, 0.2) is 5.65 Å². The van der Waals surface area contributed by atoms with Crippen LogP contribution in [0.15, 0.2) is 47.5 Å². The summed E-state index contributed by atoms with van der Waals surface area (Å²) >= 11 is 0. The van der Waals surface area contributed by atoms with Crippen LogP contribution < -0.4 is 10.9 Å². The number of nitrogens with one attached hydrogen (secondary N) is 2. The molecule has 158 valence electrons. The average molecular weight is 416 g/mol. The van der Waals surface area contributed by atoms with E-state index < -0.39 is 0 Å². The zero-order valence-electron chi connectivity index (χ0n) is 17.4. The van der Waals surface area contributed by atoms with E-state index in [9.17, 15) is 9.59 Å². The summed E-state index contributed by atoms with van der Waals surface area (Å²) in [4.78, 5) is 30.0. The van der Waals surface area contributed by atoms with Crippen LogP contribution in [0.4, 0.5) is 5.69 Å². The van der Waals surface area contributed by atoms with Crippen LogP contribution in [0.1, 0.15) is 45.7 Å². The van der Waals surface area contributed by atoms with Crippen LogP contribution in [0.3, 0.4) is 0 Å². The Morgan fingerprint density at radius 3 is 2.84 bits per heavy atom. The van der Waals surface area contributed by atoms with Gasteiger partial charge in [-0.1, -0.05) is 17.7 Å². The van der Waals surface area contributed by atoms with Crippen LogP contribution in [-0.4, -0.2) is 30.3 Å². The van der Waals surface area contributed by atoms with E-state index in [2.05, 4.69) is 20.5 Å². The Balaban J connectivity index is 1.39. The van der Waals surface area contributed by atoms with Gasteiger partial charge in [-0.15, -0.1) is 0 Å². The van der Waals surface area contributed by atoms with Crippen molar-refractivity contribution in [2.75, 3.05) is 5.32 Å². The lowest BCUT2D eigenvalue weighted by molar-refractivity contribution is 0.102. The predicted molar refractivity (Wildman–Crippen MR) is 118 cm³/mol. The topological polar surface area (TPSA) is 97.1 Å². The summed E-state index contributed by atoms with van der Waals surface area (Å²) in [6, 6.07) is 9.07. The fraction of sp³-hybridized carbons (Fsp3) is 0.304. The molecule has 0 spiro atoms. The summed E-state index contributed by atoms with van der Waals surface area (Å²) in [6.07, 6.45) is 8.58. The number of nitrogens with zero attached hydrogens (tertiary/aromatic N) is 4. The van der Waals surface area contributed by atoms with Crippen molar-refractivity contribution >= 4 is 17.2 Å². The maximum atomic E-state index is 12.8. The number of hydrogen-bond acceptors (Lipinski definition) is 4. The van der Waals surface area contributed by atoms with Crippen LogP contribution in [0, 0.1) is 6.92 Å². The molecule has 5 rings (SSSR count). The van der Waals surface area contributed by atoms with Crippen LogP contribution in [-0.2, 0) is 25.8 Å². The Kier molecular flexibility index (Phi) is 4.89. The third kappa shape index (κ3) is 3.76. The van der Waals surface area contributed by atoms with Gasteiger partial charge in [-0.25, -0.2) is 9.50 Å². The summed E-state index contributed by atoms with van der Waals surface area (Å²) in [5.74, 6) is -0.312. The van der Waals surface area contributed by atoms with E-state index in [0.717, 1.165) is 18.4 Å². The molecule has 0 aliphatic heterocycles. The summed E-state index contributed by atoms with van der Waals surface area (Å²) < 4.78 is 3.32. The van der Waals surface area contributed by atoms with Crippen LogP contribution in [0.25, 0.3) is 5.65 Å². The number of aromatic amines is 1. The van der Waals surface area contributed by atoms with E-state index in [4.69, 9.17) is 0 Å². The van der Waals surface area contributed by atoms with Gasteiger partial charge in [0.25, 0.3) is 11.5 Å². The lowest BCUT2D eigenvalue weighted by Gasteiger charge is -2.13. The van der Waals surface area contributed by atoms with Gasteiger partial charge in [-0.3, -0.25) is 19.4 Å². The van der Waals surface area contributed by atoms with Crippen LogP contribution in [0.2, 0.25) is 0 Å². The molecular weight excluding hydrogens is 392 g/mol. The largest absolute Gasteiger partial charge is 0.322 e. The molecule has 1 aliphatic rings. The van der Waals surface area contributed by atoms with Gasteiger partial charge in [0, 0.05) is 36.6 Å². The van der Waals surface area contributed by atoms with E-state index >= 15 is 0 Å². The lowest BCUT2D eigenvalue weighted by Crippen LogP contribution is -2.19. The summed E-state index contributed by atoms with van der Waals surface area (Å²) in [5, 5.41) is 10.2. The minimum absolute atomic E-state index is 0.239. The smallest absolute Gasteiger partial charge is 0.272 e. The summed E-state index contributed by atoms with van der Waals surface area (Å²) in [6.45, 7) is 2.65. The van der Waals surface area contributed by atoms with E-state index in [1.807, 2.05) is 42.1 Å². The monoisotopic (exact) mass is 416 g/mol. The van der Waals surface area contributed by atoms with E-state index in [0.29, 0.717) is 35.6 Å². The summed E-state index contributed by atoms with van der Waals surface area (Å²) in [5.41, 5.74) is 5.49. The van der Waals surface area contributed by atoms with Crippen molar-refractivity contribution in [1.29, 1.82) is 0 Å². The quantitative estimate of drug-likeness (QED) is 0.523. The fourth-order valence-corrected chi connectivity index (χ4v) is 4.13. The number of rotatable bonds is 5. The van der Waals surface area contributed by atoms with Crippen molar-refractivity contribution in [2.45, 2.75) is 45.6 Å². The highest BCUT2D eigenvalue weighted by atomic mass is 16.2. The summed E-state index contributed by atoms with van der Waals surface area (Å²) in [7, 11) is 0. The molecule has 3 aromatic heterocycles.